The number of nitrogens with one attached hydrogen (secondary N) is 2. The molecule has 0 radical (unpaired) electrons. The maximum Gasteiger partial charge on any atom is 0.319 e. The molecule has 0 aliphatic heterocycles. The number of hydrogen-bond acceptors (Lipinski definition) is 4. The molecule has 0 bridgehead atoms. The molecule has 2 N–H and O–H groups in total. The predicted molar refractivity (Wildman–Crippen MR) is 106 cm³/mol. The van der Waals surface area contributed by atoms with Gasteiger partial charge in [-0.3, -0.25) is 4.79 Å². The Morgan fingerprint density at radius 1 is 1.23 bits per heavy atom. The van der Waals surface area contributed by atoms with E-state index in [4.69, 9.17) is 4.74 Å². The van der Waals surface area contributed by atoms with Crippen molar-refractivity contribution in [2.75, 3.05) is 44.6 Å². The lowest BCUT2D eigenvalue weighted by Crippen LogP contribution is -2.35. The largest absolute Gasteiger partial charge is 0.377 e. The highest BCUT2D eigenvalue weighted by atomic mass is 16.5. The van der Waals surface area contributed by atoms with Gasteiger partial charge in [0.05, 0.1) is 0 Å². The summed E-state index contributed by atoms with van der Waals surface area (Å²) < 4.78 is 4.99. The topological polar surface area (TPSA) is 73.9 Å². The molecule has 0 fully saturated rings. The zero-order valence-electron chi connectivity index (χ0n) is 16.8. The zero-order chi connectivity index (χ0) is 19.7. The van der Waals surface area contributed by atoms with E-state index in [1.807, 2.05) is 58.0 Å². The third-order valence-corrected chi connectivity index (χ3v) is 3.71. The van der Waals surface area contributed by atoms with Gasteiger partial charge < -0.3 is 25.2 Å². The lowest BCUT2D eigenvalue weighted by Gasteiger charge is -2.26. The molecule has 0 unspecified atom stereocenters. The normalized spacial score (nSPS) is 10.6. The summed E-state index contributed by atoms with van der Waals surface area (Å²) in [7, 11) is 5.43. The van der Waals surface area contributed by atoms with Crippen LogP contribution < -0.4 is 15.5 Å². The minimum Gasteiger partial charge on any atom is -0.377 e. The molecule has 7 nitrogen and oxygen atoms in total. The van der Waals surface area contributed by atoms with Crippen molar-refractivity contribution in [3.05, 3.63) is 23.8 Å². The number of benzene rings is 1. The average molecular weight is 364 g/mol. The number of carbonyl (C=O) groups excluding carboxylic acids is 2. The maximum absolute atomic E-state index is 12.3. The van der Waals surface area contributed by atoms with E-state index in [0.29, 0.717) is 18.8 Å². The molecular weight excluding hydrogens is 332 g/mol. The molecule has 1 rings (SSSR count). The van der Waals surface area contributed by atoms with Crippen LogP contribution in [0, 0.1) is 0 Å². The van der Waals surface area contributed by atoms with Crippen LogP contribution in [-0.2, 0) is 16.1 Å². The second kappa shape index (κ2) is 10.7. The Balaban J connectivity index is 3.06. The highest BCUT2D eigenvalue weighted by Gasteiger charge is 2.16. The molecule has 146 valence electrons. The van der Waals surface area contributed by atoms with Crippen molar-refractivity contribution in [1.82, 2.24) is 10.2 Å². The molecule has 0 aromatic heterocycles. The van der Waals surface area contributed by atoms with Crippen LogP contribution in [0.4, 0.5) is 16.2 Å². The molecule has 0 heterocycles. The second-order valence-corrected chi connectivity index (χ2v) is 6.74. The molecule has 0 saturated heterocycles. The number of hydrogen-bond donors (Lipinski definition) is 2. The fraction of sp³-hybridized carbons (Fsp3) is 0.579. The standard InChI is InChI=1S/C19H32N4O3/c1-7-10-23(18(24)13-26-6)12-15-11-16(8-9-17(15)22(4)5)21-19(25)20-14(2)3/h8-9,11,14H,7,10,12-13H2,1-6H3,(H2,20,21,25). The molecule has 0 atom stereocenters. The summed E-state index contributed by atoms with van der Waals surface area (Å²) in [6.45, 7) is 7.03. The molecule has 1 aromatic rings. The molecule has 0 saturated carbocycles. The van der Waals surface area contributed by atoms with E-state index in [1.54, 1.807) is 4.90 Å². The van der Waals surface area contributed by atoms with Gasteiger partial charge in [-0.05, 0) is 44.0 Å². The Kier molecular flexibility index (Phi) is 8.92. The second-order valence-electron chi connectivity index (χ2n) is 6.74. The van der Waals surface area contributed by atoms with Crippen LogP contribution in [-0.4, -0.2) is 57.2 Å². The zero-order valence-corrected chi connectivity index (χ0v) is 16.8. The molecule has 3 amide bonds. The SMILES string of the molecule is CCCN(Cc1cc(NC(=O)NC(C)C)ccc1N(C)C)C(=O)COC. The third kappa shape index (κ3) is 6.92. The molecule has 1 aromatic carbocycles. The van der Waals surface area contributed by atoms with E-state index >= 15 is 0 Å². The summed E-state index contributed by atoms with van der Waals surface area (Å²) >= 11 is 0. The van der Waals surface area contributed by atoms with Crippen LogP contribution in [0.25, 0.3) is 0 Å². The van der Waals surface area contributed by atoms with E-state index in [1.165, 1.54) is 7.11 Å². The smallest absolute Gasteiger partial charge is 0.319 e. The molecule has 0 aliphatic carbocycles. The lowest BCUT2D eigenvalue weighted by atomic mass is 10.1. The first-order chi connectivity index (χ1) is 12.3. The van der Waals surface area contributed by atoms with Crippen LogP contribution >= 0.6 is 0 Å². The molecule has 26 heavy (non-hydrogen) atoms. The van der Waals surface area contributed by atoms with Gasteiger partial charge in [-0.2, -0.15) is 0 Å². The van der Waals surface area contributed by atoms with Gasteiger partial charge in [0.2, 0.25) is 5.91 Å². The van der Waals surface area contributed by atoms with E-state index in [2.05, 4.69) is 10.6 Å². The van der Waals surface area contributed by atoms with Crippen molar-refractivity contribution >= 4 is 23.3 Å². The Morgan fingerprint density at radius 3 is 2.46 bits per heavy atom. The number of nitrogens with zero attached hydrogens (tertiary/aromatic N) is 2. The summed E-state index contributed by atoms with van der Waals surface area (Å²) in [5.41, 5.74) is 2.67. The van der Waals surface area contributed by atoms with Crippen LogP contribution in [0.3, 0.4) is 0 Å². The van der Waals surface area contributed by atoms with Crippen molar-refractivity contribution in [2.24, 2.45) is 0 Å². The van der Waals surface area contributed by atoms with Gasteiger partial charge in [-0.15, -0.1) is 0 Å². The van der Waals surface area contributed by atoms with Gasteiger partial charge in [0, 0.05) is 51.7 Å². The molecule has 7 heteroatoms. The number of ether oxygens (including phenoxy) is 1. The van der Waals surface area contributed by atoms with Crippen LogP contribution in [0.1, 0.15) is 32.8 Å². The van der Waals surface area contributed by atoms with Crippen molar-refractivity contribution < 1.29 is 14.3 Å². The van der Waals surface area contributed by atoms with E-state index in [0.717, 1.165) is 17.7 Å². The fourth-order valence-electron chi connectivity index (χ4n) is 2.64. The number of carbonyl (C=O) groups is 2. The third-order valence-electron chi connectivity index (χ3n) is 3.71. The molecular formula is C19H32N4O3. The average Bonchev–Trinajstić information content (AvgIpc) is 2.53. The monoisotopic (exact) mass is 364 g/mol. The highest BCUT2D eigenvalue weighted by Crippen LogP contribution is 2.24. The van der Waals surface area contributed by atoms with Gasteiger partial charge in [-0.1, -0.05) is 6.92 Å². The van der Waals surface area contributed by atoms with E-state index < -0.39 is 0 Å². The Labute approximate surface area is 156 Å². The first kappa shape index (κ1) is 21.8. The van der Waals surface area contributed by atoms with Crippen molar-refractivity contribution in [1.29, 1.82) is 0 Å². The maximum atomic E-state index is 12.3. The van der Waals surface area contributed by atoms with Gasteiger partial charge >= 0.3 is 6.03 Å². The van der Waals surface area contributed by atoms with Crippen molar-refractivity contribution in [3.63, 3.8) is 0 Å². The van der Waals surface area contributed by atoms with Gasteiger partial charge in [0.1, 0.15) is 6.61 Å². The summed E-state index contributed by atoms with van der Waals surface area (Å²) in [6.07, 6.45) is 0.863. The van der Waals surface area contributed by atoms with Crippen molar-refractivity contribution in [2.45, 2.75) is 39.8 Å². The highest BCUT2D eigenvalue weighted by molar-refractivity contribution is 5.90. The lowest BCUT2D eigenvalue weighted by molar-refractivity contribution is -0.135. The molecule has 0 spiro atoms. The Morgan fingerprint density at radius 2 is 1.92 bits per heavy atom. The van der Waals surface area contributed by atoms with E-state index in [-0.39, 0.29) is 24.6 Å². The minimum atomic E-state index is -0.246. The van der Waals surface area contributed by atoms with Crippen molar-refractivity contribution in [3.8, 4) is 0 Å². The minimum absolute atomic E-state index is 0.0463. The van der Waals surface area contributed by atoms with Gasteiger partial charge in [-0.25, -0.2) is 4.79 Å². The van der Waals surface area contributed by atoms with Crippen LogP contribution in [0.15, 0.2) is 18.2 Å². The predicted octanol–water partition coefficient (Wildman–Crippen LogP) is 2.67. The van der Waals surface area contributed by atoms with Gasteiger partial charge in [0.15, 0.2) is 0 Å². The summed E-state index contributed by atoms with van der Waals surface area (Å²) in [5, 5.41) is 5.65. The fourth-order valence-corrected chi connectivity index (χ4v) is 2.64. The van der Waals surface area contributed by atoms with E-state index in [9.17, 15) is 9.59 Å². The number of anilines is 2. The van der Waals surface area contributed by atoms with Crippen LogP contribution in [0.5, 0.6) is 0 Å². The van der Waals surface area contributed by atoms with Gasteiger partial charge in [0.25, 0.3) is 0 Å². The number of amides is 3. The van der Waals surface area contributed by atoms with Crippen LogP contribution in [0.2, 0.25) is 0 Å². The summed E-state index contributed by atoms with van der Waals surface area (Å²) in [6, 6.07) is 5.54. The first-order valence-electron chi connectivity index (χ1n) is 8.92. The number of rotatable bonds is 9. The number of methoxy groups -OCH3 is 1. The summed E-state index contributed by atoms with van der Waals surface area (Å²) in [5.74, 6) is -0.0463. The molecule has 0 aliphatic rings. The first-order valence-corrected chi connectivity index (χ1v) is 8.92. The quantitative estimate of drug-likeness (QED) is 0.706. The summed E-state index contributed by atoms with van der Waals surface area (Å²) in [4.78, 5) is 28.0. The Bertz CT molecular complexity index is 602. The number of urea groups is 1. The Hall–Kier alpha value is -2.28.